The van der Waals surface area contributed by atoms with E-state index in [1.165, 1.54) is 41.2 Å². The fraction of sp³-hybridized carbons (Fsp3) is 0.433. The first-order valence-electron chi connectivity index (χ1n) is 14.8. The first kappa shape index (κ1) is 32.1. The first-order chi connectivity index (χ1) is 21.4. The molecule has 2 heterocycles. The third-order valence-corrected chi connectivity index (χ3v) is 8.66. The molecule has 2 fully saturated rings. The van der Waals surface area contributed by atoms with Crippen molar-refractivity contribution in [1.29, 1.82) is 0 Å². The van der Waals surface area contributed by atoms with Gasteiger partial charge >= 0.3 is 7.82 Å². The largest absolute Gasteiger partial charge is 0.524 e. The summed E-state index contributed by atoms with van der Waals surface area (Å²) in [6.45, 7) is 1.52. The van der Waals surface area contributed by atoms with E-state index in [4.69, 9.17) is 9.79 Å². The van der Waals surface area contributed by atoms with Crippen LogP contribution in [0.4, 0.5) is 0 Å². The van der Waals surface area contributed by atoms with E-state index in [0.717, 1.165) is 24.0 Å². The van der Waals surface area contributed by atoms with Gasteiger partial charge in [0.1, 0.15) is 23.9 Å². The monoisotopic (exact) mass is 641 g/mol. The number of hydrogen-bond donors (Lipinski definition) is 5. The molecule has 14 nitrogen and oxygen atoms in total. The number of aryl methyl sites for hydroxylation is 1. The van der Waals surface area contributed by atoms with E-state index in [2.05, 4.69) is 20.5 Å². The summed E-state index contributed by atoms with van der Waals surface area (Å²) in [6.07, 6.45) is 2.43. The topological polar surface area (TPSA) is 195 Å². The van der Waals surface area contributed by atoms with Crippen LogP contribution < -0.4 is 20.5 Å². The van der Waals surface area contributed by atoms with Gasteiger partial charge in [0.2, 0.25) is 23.6 Å². The van der Waals surface area contributed by atoms with Crippen molar-refractivity contribution in [1.82, 2.24) is 26.0 Å². The Balaban J connectivity index is 1.30. The number of fused-ring (bicyclic) bond motifs is 2. The molecule has 0 radical (unpaired) electrons. The van der Waals surface area contributed by atoms with E-state index >= 15 is 0 Å². The van der Waals surface area contributed by atoms with Gasteiger partial charge in [0.15, 0.2) is 0 Å². The van der Waals surface area contributed by atoms with Crippen molar-refractivity contribution in [3.63, 3.8) is 0 Å². The molecule has 2 aromatic carbocycles. The van der Waals surface area contributed by atoms with Gasteiger partial charge in [0, 0.05) is 26.3 Å². The maximum Gasteiger partial charge on any atom is 0.524 e. The summed E-state index contributed by atoms with van der Waals surface area (Å²) in [7, 11) is -4.75. The fourth-order valence-electron chi connectivity index (χ4n) is 6.17. The second-order valence-electron chi connectivity index (χ2n) is 11.4. The van der Waals surface area contributed by atoms with E-state index in [1.54, 1.807) is 0 Å². The molecule has 240 valence electrons. The summed E-state index contributed by atoms with van der Waals surface area (Å²) in [5, 5.41) is 10.9. The van der Waals surface area contributed by atoms with Crippen molar-refractivity contribution in [2.75, 3.05) is 6.54 Å². The quantitative estimate of drug-likeness (QED) is 0.249. The lowest BCUT2D eigenvalue weighted by Gasteiger charge is -2.43. The van der Waals surface area contributed by atoms with Crippen LogP contribution in [-0.4, -0.2) is 74.0 Å². The molecule has 0 bridgehead atoms. The molecule has 4 atom stereocenters. The minimum Gasteiger partial charge on any atom is -0.404 e. The molecule has 3 aliphatic rings. The Bertz CT molecular complexity index is 1530. The highest BCUT2D eigenvalue weighted by atomic mass is 31.2. The van der Waals surface area contributed by atoms with E-state index in [-0.39, 0.29) is 49.4 Å². The Kier molecular flexibility index (Phi) is 9.56. The SMILES string of the molecule is CC(=O)N[C@@H](Cc1ccc(OP(=O)(O)O)cc1)C(=O)N[C@H]1CCC(=O)N2CCC[C@@H](C(=O)NC3CCc4ccccc43)N2C1=O. The molecule has 2 aliphatic heterocycles. The first-order valence-corrected chi connectivity index (χ1v) is 16.4. The number of benzene rings is 2. The fourth-order valence-corrected chi connectivity index (χ4v) is 6.56. The molecule has 0 spiro atoms. The number of nitrogens with one attached hydrogen (secondary N) is 3. The molecule has 5 rings (SSSR count). The summed E-state index contributed by atoms with van der Waals surface area (Å²) >= 11 is 0. The molecule has 2 aromatic rings. The molecule has 15 heteroatoms. The summed E-state index contributed by atoms with van der Waals surface area (Å²) in [6, 6.07) is 10.1. The third-order valence-electron chi connectivity index (χ3n) is 8.21. The van der Waals surface area contributed by atoms with Gasteiger partial charge in [-0.05, 0) is 60.9 Å². The van der Waals surface area contributed by atoms with Gasteiger partial charge in [-0.2, -0.15) is 0 Å². The molecule has 0 aromatic heterocycles. The molecule has 45 heavy (non-hydrogen) atoms. The Labute approximate surface area is 259 Å². The van der Waals surface area contributed by atoms with Crippen LogP contribution in [-0.2, 0) is 41.4 Å². The Morgan fingerprint density at radius 3 is 2.40 bits per heavy atom. The number of amides is 5. The highest BCUT2D eigenvalue weighted by molar-refractivity contribution is 7.46. The van der Waals surface area contributed by atoms with Gasteiger partial charge in [-0.25, -0.2) is 9.57 Å². The van der Waals surface area contributed by atoms with Crippen LogP contribution in [0.1, 0.15) is 61.8 Å². The van der Waals surface area contributed by atoms with Crippen LogP contribution >= 0.6 is 7.82 Å². The maximum absolute atomic E-state index is 13.9. The van der Waals surface area contributed by atoms with Crippen LogP contribution in [0.15, 0.2) is 48.5 Å². The van der Waals surface area contributed by atoms with Crippen LogP contribution in [0, 0.1) is 0 Å². The summed E-state index contributed by atoms with van der Waals surface area (Å²) in [5.41, 5.74) is 2.74. The lowest BCUT2D eigenvalue weighted by molar-refractivity contribution is -0.176. The Morgan fingerprint density at radius 2 is 1.69 bits per heavy atom. The number of rotatable bonds is 9. The van der Waals surface area contributed by atoms with Crippen molar-refractivity contribution < 1.29 is 42.8 Å². The second-order valence-corrected chi connectivity index (χ2v) is 12.6. The number of hydrogen-bond acceptors (Lipinski definition) is 7. The molecule has 5 N–H and O–H groups in total. The normalized spacial score (nSPS) is 22.1. The number of nitrogens with zero attached hydrogens (tertiary/aromatic N) is 2. The van der Waals surface area contributed by atoms with E-state index in [1.807, 2.05) is 24.3 Å². The standard InChI is InChI=1S/C30H36N5O9P/c1-18(36)31-25(17-19-8-11-21(12-9-19)44-45(41,42)43)28(38)33-24-14-15-27(37)34-16-4-7-26(35(34)30(24)40)29(39)32-23-13-10-20-5-2-3-6-22(20)23/h2-3,5-6,8-9,11-12,23-26H,4,7,10,13-17H2,1H3,(H,31,36)(H,32,39)(H,33,38)(H2,41,42,43)/t23?,24-,25-,26-/m0/s1. The highest BCUT2D eigenvalue weighted by Gasteiger charge is 2.45. The van der Waals surface area contributed by atoms with Crippen LogP contribution in [0.2, 0.25) is 0 Å². The van der Waals surface area contributed by atoms with Crippen molar-refractivity contribution >= 4 is 37.4 Å². The number of phosphoric acid groups is 1. The van der Waals surface area contributed by atoms with Gasteiger partial charge in [-0.1, -0.05) is 36.4 Å². The molecule has 0 saturated carbocycles. The van der Waals surface area contributed by atoms with Crippen molar-refractivity contribution in [3.8, 4) is 5.75 Å². The zero-order chi connectivity index (χ0) is 32.3. The zero-order valence-electron chi connectivity index (χ0n) is 24.7. The molecule has 2 saturated heterocycles. The van der Waals surface area contributed by atoms with Gasteiger partial charge in [-0.3, -0.25) is 38.8 Å². The minimum absolute atomic E-state index is 0.00875. The average molecular weight is 642 g/mol. The predicted molar refractivity (Wildman–Crippen MR) is 159 cm³/mol. The molecule has 5 amide bonds. The maximum atomic E-state index is 13.9. The molecule has 1 aliphatic carbocycles. The number of phosphoric ester groups is 1. The van der Waals surface area contributed by atoms with Crippen molar-refractivity contribution in [2.45, 2.75) is 76.0 Å². The van der Waals surface area contributed by atoms with E-state index < -0.39 is 43.7 Å². The summed E-state index contributed by atoms with van der Waals surface area (Å²) in [4.78, 5) is 84.1. The molecular formula is C30H36N5O9P. The smallest absolute Gasteiger partial charge is 0.404 e. The van der Waals surface area contributed by atoms with Crippen LogP contribution in [0.5, 0.6) is 5.75 Å². The highest BCUT2D eigenvalue weighted by Crippen LogP contribution is 2.37. The lowest BCUT2D eigenvalue weighted by atomic mass is 10.0. The van der Waals surface area contributed by atoms with Crippen LogP contribution in [0.25, 0.3) is 0 Å². The summed E-state index contributed by atoms with van der Waals surface area (Å²) in [5.74, 6) is -2.51. The van der Waals surface area contributed by atoms with E-state index in [0.29, 0.717) is 18.4 Å². The Morgan fingerprint density at radius 1 is 0.978 bits per heavy atom. The predicted octanol–water partition coefficient (Wildman–Crippen LogP) is 1.02. The average Bonchev–Trinajstić information content (AvgIpc) is 3.35. The number of hydrazine groups is 1. The molecule has 1 unspecified atom stereocenters. The lowest BCUT2D eigenvalue weighted by Crippen LogP contribution is -2.64. The number of carbonyl (C=O) groups excluding carboxylic acids is 5. The second kappa shape index (κ2) is 13.4. The van der Waals surface area contributed by atoms with Gasteiger partial charge < -0.3 is 20.5 Å². The summed E-state index contributed by atoms with van der Waals surface area (Å²) < 4.78 is 15.6. The zero-order valence-corrected chi connectivity index (χ0v) is 25.6. The van der Waals surface area contributed by atoms with E-state index in [9.17, 15) is 28.5 Å². The third kappa shape index (κ3) is 7.70. The van der Waals surface area contributed by atoms with Gasteiger partial charge in [0.25, 0.3) is 5.91 Å². The van der Waals surface area contributed by atoms with Crippen molar-refractivity contribution in [2.24, 2.45) is 0 Å². The Hall–Kier alpha value is -4.26. The number of carbonyl (C=O) groups is 5. The van der Waals surface area contributed by atoms with Crippen molar-refractivity contribution in [3.05, 3.63) is 65.2 Å². The van der Waals surface area contributed by atoms with Gasteiger partial charge in [-0.15, -0.1) is 0 Å². The van der Waals surface area contributed by atoms with Gasteiger partial charge in [0.05, 0.1) is 6.04 Å². The molecular weight excluding hydrogens is 605 g/mol. The van der Waals surface area contributed by atoms with Crippen LogP contribution in [0.3, 0.4) is 0 Å². The minimum atomic E-state index is -4.75.